The van der Waals surface area contributed by atoms with Crippen LogP contribution in [0.5, 0.6) is 0 Å². The SMILES string of the molecule is CC1CC(C(=O)NCc2cnc[nH]2)(C(N)=NO)C1. The number of aromatic nitrogens is 2. The Labute approximate surface area is 104 Å². The number of nitrogens with one attached hydrogen (secondary N) is 2. The van der Waals surface area contributed by atoms with E-state index >= 15 is 0 Å². The number of aromatic amines is 1. The van der Waals surface area contributed by atoms with Gasteiger partial charge in [-0.15, -0.1) is 0 Å². The third-order valence-corrected chi connectivity index (χ3v) is 3.42. The van der Waals surface area contributed by atoms with E-state index < -0.39 is 5.41 Å². The summed E-state index contributed by atoms with van der Waals surface area (Å²) in [6.07, 6.45) is 4.40. The van der Waals surface area contributed by atoms with Crippen LogP contribution >= 0.6 is 0 Å². The van der Waals surface area contributed by atoms with Crippen molar-refractivity contribution in [2.75, 3.05) is 0 Å². The van der Waals surface area contributed by atoms with Crippen LogP contribution in [-0.2, 0) is 11.3 Å². The second-order valence-electron chi connectivity index (χ2n) is 4.84. The Morgan fingerprint density at radius 3 is 3.00 bits per heavy atom. The molecular weight excluding hydrogens is 234 g/mol. The van der Waals surface area contributed by atoms with Gasteiger partial charge in [-0.05, 0) is 18.8 Å². The van der Waals surface area contributed by atoms with Gasteiger partial charge in [0.25, 0.3) is 0 Å². The smallest absolute Gasteiger partial charge is 0.234 e. The van der Waals surface area contributed by atoms with Gasteiger partial charge in [-0.1, -0.05) is 12.1 Å². The van der Waals surface area contributed by atoms with E-state index in [9.17, 15) is 4.79 Å². The molecule has 18 heavy (non-hydrogen) atoms. The lowest BCUT2D eigenvalue weighted by Crippen LogP contribution is -2.56. The van der Waals surface area contributed by atoms with Crippen molar-refractivity contribution in [2.24, 2.45) is 22.2 Å². The summed E-state index contributed by atoms with van der Waals surface area (Å²) in [5, 5.41) is 14.6. The Morgan fingerprint density at radius 2 is 2.50 bits per heavy atom. The Kier molecular flexibility index (Phi) is 3.22. The van der Waals surface area contributed by atoms with Crippen molar-refractivity contribution in [3.63, 3.8) is 0 Å². The number of carbonyl (C=O) groups excluding carboxylic acids is 1. The largest absolute Gasteiger partial charge is 0.409 e. The van der Waals surface area contributed by atoms with E-state index in [0.29, 0.717) is 25.3 Å². The minimum Gasteiger partial charge on any atom is -0.409 e. The maximum atomic E-state index is 12.2. The molecule has 0 saturated heterocycles. The number of amides is 1. The van der Waals surface area contributed by atoms with Crippen LogP contribution in [0.4, 0.5) is 0 Å². The second kappa shape index (κ2) is 4.67. The molecule has 0 bridgehead atoms. The molecule has 1 saturated carbocycles. The van der Waals surface area contributed by atoms with Crippen LogP contribution in [-0.4, -0.2) is 26.9 Å². The lowest BCUT2D eigenvalue weighted by molar-refractivity contribution is -0.133. The van der Waals surface area contributed by atoms with Gasteiger partial charge in [0, 0.05) is 6.20 Å². The summed E-state index contributed by atoms with van der Waals surface area (Å²) in [5.41, 5.74) is 5.60. The highest BCUT2D eigenvalue weighted by atomic mass is 16.4. The maximum absolute atomic E-state index is 12.2. The highest BCUT2D eigenvalue weighted by Gasteiger charge is 2.52. The number of H-pyrrole nitrogens is 1. The van der Waals surface area contributed by atoms with Gasteiger partial charge in [-0.25, -0.2) is 4.98 Å². The number of hydrogen-bond acceptors (Lipinski definition) is 4. The summed E-state index contributed by atoms with van der Waals surface area (Å²) in [5.74, 6) is 0.191. The molecule has 1 amide bonds. The van der Waals surface area contributed by atoms with E-state index in [4.69, 9.17) is 10.9 Å². The lowest BCUT2D eigenvalue weighted by Gasteiger charge is -2.43. The maximum Gasteiger partial charge on any atom is 0.234 e. The summed E-state index contributed by atoms with van der Waals surface area (Å²) >= 11 is 0. The van der Waals surface area contributed by atoms with E-state index in [1.165, 1.54) is 0 Å². The van der Waals surface area contributed by atoms with Crippen LogP contribution in [0.3, 0.4) is 0 Å². The fourth-order valence-electron chi connectivity index (χ4n) is 2.46. The minimum absolute atomic E-state index is 0.0114. The average Bonchev–Trinajstić information content (AvgIpc) is 2.83. The molecule has 0 spiro atoms. The minimum atomic E-state index is -0.853. The normalized spacial score (nSPS) is 27.6. The first kappa shape index (κ1) is 12.4. The van der Waals surface area contributed by atoms with Gasteiger partial charge < -0.3 is 21.2 Å². The molecule has 7 heteroatoms. The first-order valence-corrected chi connectivity index (χ1v) is 5.82. The molecule has 1 aromatic heterocycles. The third-order valence-electron chi connectivity index (χ3n) is 3.42. The van der Waals surface area contributed by atoms with Crippen LogP contribution < -0.4 is 11.1 Å². The van der Waals surface area contributed by atoms with E-state index in [0.717, 1.165) is 5.69 Å². The molecule has 0 aliphatic heterocycles. The predicted molar refractivity (Wildman–Crippen MR) is 64.7 cm³/mol. The van der Waals surface area contributed by atoms with E-state index in [1.54, 1.807) is 12.5 Å². The molecule has 7 nitrogen and oxygen atoms in total. The van der Waals surface area contributed by atoms with Crippen molar-refractivity contribution >= 4 is 11.7 Å². The highest BCUT2D eigenvalue weighted by molar-refractivity contribution is 6.07. The molecule has 1 aliphatic rings. The second-order valence-corrected chi connectivity index (χ2v) is 4.84. The van der Waals surface area contributed by atoms with E-state index in [1.807, 2.05) is 6.92 Å². The fourth-order valence-corrected chi connectivity index (χ4v) is 2.46. The summed E-state index contributed by atoms with van der Waals surface area (Å²) in [4.78, 5) is 18.9. The highest BCUT2D eigenvalue weighted by Crippen LogP contribution is 2.45. The molecule has 1 heterocycles. The molecule has 0 radical (unpaired) electrons. The van der Waals surface area contributed by atoms with Crippen molar-refractivity contribution in [3.8, 4) is 0 Å². The Bertz CT molecular complexity index is 448. The summed E-state index contributed by atoms with van der Waals surface area (Å²) in [7, 11) is 0. The monoisotopic (exact) mass is 251 g/mol. The van der Waals surface area contributed by atoms with Crippen molar-refractivity contribution in [3.05, 3.63) is 18.2 Å². The van der Waals surface area contributed by atoms with Gasteiger partial charge in [-0.3, -0.25) is 4.79 Å². The zero-order valence-electron chi connectivity index (χ0n) is 10.2. The van der Waals surface area contributed by atoms with Crippen molar-refractivity contribution in [1.82, 2.24) is 15.3 Å². The number of oxime groups is 1. The van der Waals surface area contributed by atoms with Gasteiger partial charge in [-0.2, -0.15) is 0 Å². The predicted octanol–water partition coefficient (Wildman–Crippen LogP) is 0.189. The Balaban J connectivity index is 2.01. The van der Waals surface area contributed by atoms with Gasteiger partial charge in [0.2, 0.25) is 5.91 Å². The van der Waals surface area contributed by atoms with Crippen LogP contribution in [0.15, 0.2) is 17.7 Å². The quantitative estimate of drug-likeness (QED) is 0.264. The van der Waals surface area contributed by atoms with Gasteiger partial charge in [0.1, 0.15) is 5.41 Å². The van der Waals surface area contributed by atoms with Gasteiger partial charge in [0.05, 0.1) is 18.6 Å². The van der Waals surface area contributed by atoms with Crippen molar-refractivity contribution in [1.29, 1.82) is 0 Å². The molecule has 5 N–H and O–H groups in total. The number of hydrogen-bond donors (Lipinski definition) is 4. The average molecular weight is 251 g/mol. The molecular formula is C11H17N5O2. The Hall–Kier alpha value is -2.05. The zero-order valence-corrected chi connectivity index (χ0v) is 10.2. The molecule has 98 valence electrons. The molecule has 1 aliphatic carbocycles. The standard InChI is InChI=1S/C11H17N5O2/c1-7-2-11(3-7,9(12)16-18)10(17)14-5-8-4-13-6-15-8/h4,6-7,18H,2-3,5H2,1H3,(H2,12,16)(H,13,15)(H,14,17). The molecule has 0 unspecified atom stereocenters. The third kappa shape index (κ3) is 2.03. The van der Waals surface area contributed by atoms with Crippen LogP contribution in [0.25, 0.3) is 0 Å². The molecule has 2 rings (SSSR count). The molecule has 0 atom stereocenters. The number of nitrogens with zero attached hydrogens (tertiary/aromatic N) is 2. The van der Waals surface area contributed by atoms with Crippen LogP contribution in [0, 0.1) is 11.3 Å². The number of nitrogens with two attached hydrogens (primary N) is 1. The van der Waals surface area contributed by atoms with Crippen molar-refractivity contribution in [2.45, 2.75) is 26.3 Å². The molecule has 0 aromatic carbocycles. The molecule has 1 aromatic rings. The number of rotatable bonds is 4. The summed E-state index contributed by atoms with van der Waals surface area (Å²) < 4.78 is 0. The number of amidine groups is 1. The van der Waals surface area contributed by atoms with Gasteiger partial charge >= 0.3 is 0 Å². The van der Waals surface area contributed by atoms with Gasteiger partial charge in [0.15, 0.2) is 5.84 Å². The topological polar surface area (TPSA) is 116 Å². The summed E-state index contributed by atoms with van der Waals surface area (Å²) in [6, 6.07) is 0. The van der Waals surface area contributed by atoms with Crippen LogP contribution in [0.1, 0.15) is 25.5 Å². The molecule has 1 fully saturated rings. The van der Waals surface area contributed by atoms with Crippen molar-refractivity contribution < 1.29 is 10.0 Å². The van der Waals surface area contributed by atoms with E-state index in [2.05, 4.69) is 20.4 Å². The fraction of sp³-hybridized carbons (Fsp3) is 0.545. The number of imidazole rings is 1. The number of carbonyl (C=O) groups is 1. The van der Waals surface area contributed by atoms with E-state index in [-0.39, 0.29) is 11.7 Å². The summed E-state index contributed by atoms with van der Waals surface area (Å²) in [6.45, 7) is 2.39. The van der Waals surface area contributed by atoms with Crippen LogP contribution in [0.2, 0.25) is 0 Å². The lowest BCUT2D eigenvalue weighted by atomic mass is 9.61. The zero-order chi connectivity index (χ0) is 13.2. The first-order valence-electron chi connectivity index (χ1n) is 5.82. The first-order chi connectivity index (χ1) is 8.58. The Morgan fingerprint density at radius 1 is 1.78 bits per heavy atom.